The Morgan fingerprint density at radius 1 is 1.17 bits per heavy atom. The Labute approximate surface area is 212 Å². The van der Waals surface area contributed by atoms with E-state index >= 15 is 0 Å². The average Bonchev–Trinajstić information content (AvgIpc) is 3.11. The van der Waals surface area contributed by atoms with Gasteiger partial charge in [-0.2, -0.15) is 5.26 Å². The Morgan fingerprint density at radius 3 is 2.40 bits per heavy atom. The van der Waals surface area contributed by atoms with Crippen molar-refractivity contribution in [2.24, 2.45) is 7.05 Å². The van der Waals surface area contributed by atoms with Crippen molar-refractivity contribution in [1.29, 1.82) is 5.26 Å². The van der Waals surface area contributed by atoms with E-state index in [1.807, 2.05) is 6.07 Å². The number of anilines is 2. The fraction of sp³-hybridized carbons (Fsp3) is 0.280. The van der Waals surface area contributed by atoms with E-state index in [9.17, 15) is 19.2 Å². The lowest BCUT2D eigenvalue weighted by molar-refractivity contribution is -0.121. The van der Waals surface area contributed by atoms with E-state index in [4.69, 9.17) is 12.2 Å². The fourth-order valence-electron chi connectivity index (χ4n) is 4.34. The summed E-state index contributed by atoms with van der Waals surface area (Å²) >= 11 is 6.56. The van der Waals surface area contributed by atoms with Crippen molar-refractivity contribution >= 4 is 51.8 Å². The quantitative estimate of drug-likeness (QED) is 0.347. The smallest absolute Gasteiger partial charge is 0.270 e. The van der Waals surface area contributed by atoms with E-state index in [-0.39, 0.29) is 22.8 Å². The molecule has 3 heterocycles. The van der Waals surface area contributed by atoms with Gasteiger partial charge in [-0.05, 0) is 42.8 Å². The summed E-state index contributed by atoms with van der Waals surface area (Å²) in [6, 6.07) is 8.41. The molecule has 0 aliphatic carbocycles. The summed E-state index contributed by atoms with van der Waals surface area (Å²) in [6.45, 7) is 8.27. The number of hydrogen-bond acceptors (Lipinski definition) is 7. The molecule has 180 valence electrons. The molecule has 0 radical (unpaired) electrons. The molecule has 35 heavy (non-hydrogen) atoms. The van der Waals surface area contributed by atoms with Crippen LogP contribution in [0.15, 0.2) is 46.6 Å². The topological polar surface area (TPSA) is 72.6 Å². The number of carbonyl (C=O) groups excluding carboxylic acids is 1. The van der Waals surface area contributed by atoms with E-state index in [0.717, 1.165) is 5.69 Å². The van der Waals surface area contributed by atoms with Gasteiger partial charge in [0.1, 0.15) is 27.6 Å². The zero-order valence-corrected chi connectivity index (χ0v) is 21.1. The molecule has 4 rings (SSSR count). The lowest BCUT2D eigenvalue weighted by atomic mass is 10.0. The summed E-state index contributed by atoms with van der Waals surface area (Å²) in [5.41, 5.74) is 1.78. The van der Waals surface area contributed by atoms with Crippen molar-refractivity contribution in [3.8, 4) is 6.07 Å². The standard InChI is InChI=1S/C25H24FN5O2S2/c1-4-9-31-24(33)21(35-25(31)34)14-19-16(2)20(15-27)23(32)28(3)22(19)30-12-10-29(11-13-30)18-7-5-17(26)6-8-18/h4-8,14H,1,9-13H2,2-3H3. The minimum absolute atomic E-state index is 0.0500. The Kier molecular flexibility index (Phi) is 7.10. The zero-order chi connectivity index (χ0) is 25.3. The van der Waals surface area contributed by atoms with Crippen molar-refractivity contribution in [3.05, 3.63) is 74.7 Å². The van der Waals surface area contributed by atoms with Crippen molar-refractivity contribution in [1.82, 2.24) is 9.47 Å². The largest absolute Gasteiger partial charge is 0.368 e. The number of aromatic nitrogens is 1. The predicted molar refractivity (Wildman–Crippen MR) is 142 cm³/mol. The summed E-state index contributed by atoms with van der Waals surface area (Å²) in [6.07, 6.45) is 3.35. The predicted octanol–water partition coefficient (Wildman–Crippen LogP) is 3.42. The first-order valence-corrected chi connectivity index (χ1v) is 12.2. The second-order valence-corrected chi connectivity index (χ2v) is 9.92. The van der Waals surface area contributed by atoms with Gasteiger partial charge >= 0.3 is 0 Å². The van der Waals surface area contributed by atoms with E-state index < -0.39 is 0 Å². The number of thioether (sulfide) groups is 1. The van der Waals surface area contributed by atoms with Crippen LogP contribution in [0.25, 0.3) is 6.08 Å². The third-order valence-electron chi connectivity index (χ3n) is 6.20. The van der Waals surface area contributed by atoms with Gasteiger partial charge in [0.25, 0.3) is 11.5 Å². The summed E-state index contributed by atoms with van der Waals surface area (Å²) < 4.78 is 15.2. The first-order chi connectivity index (χ1) is 16.8. The van der Waals surface area contributed by atoms with Crippen LogP contribution >= 0.6 is 24.0 Å². The highest BCUT2D eigenvalue weighted by Gasteiger charge is 2.32. The van der Waals surface area contributed by atoms with Gasteiger partial charge in [0.15, 0.2) is 0 Å². The SMILES string of the molecule is C=CCN1C(=O)C(=Cc2c(C)c(C#N)c(=O)n(C)c2N2CCN(c3ccc(F)cc3)CC2)SC1=S. The summed E-state index contributed by atoms with van der Waals surface area (Å²) in [7, 11) is 1.64. The molecule has 0 spiro atoms. The molecular weight excluding hydrogens is 485 g/mol. The second kappa shape index (κ2) is 10.1. The van der Waals surface area contributed by atoms with Crippen molar-refractivity contribution in [3.63, 3.8) is 0 Å². The van der Waals surface area contributed by atoms with E-state index in [0.29, 0.717) is 58.9 Å². The van der Waals surface area contributed by atoms with Gasteiger partial charge in [0, 0.05) is 51.0 Å². The maximum atomic E-state index is 13.3. The third-order valence-corrected chi connectivity index (χ3v) is 7.58. The number of nitriles is 1. The van der Waals surface area contributed by atoms with Gasteiger partial charge in [-0.1, -0.05) is 30.1 Å². The summed E-state index contributed by atoms with van der Waals surface area (Å²) in [5, 5.41) is 9.65. The number of benzene rings is 1. The highest BCUT2D eigenvalue weighted by Crippen LogP contribution is 2.36. The molecule has 2 aromatic rings. The maximum absolute atomic E-state index is 13.3. The van der Waals surface area contributed by atoms with Gasteiger partial charge in [-0.25, -0.2) is 4.39 Å². The van der Waals surface area contributed by atoms with Crippen molar-refractivity contribution in [2.45, 2.75) is 6.92 Å². The molecule has 1 aromatic carbocycles. The average molecular weight is 510 g/mol. The van der Waals surface area contributed by atoms with Crippen molar-refractivity contribution in [2.75, 3.05) is 42.5 Å². The van der Waals surface area contributed by atoms with Crippen LogP contribution in [0.5, 0.6) is 0 Å². The number of pyridine rings is 1. The number of rotatable bonds is 5. The molecule has 7 nitrogen and oxygen atoms in total. The second-order valence-electron chi connectivity index (χ2n) is 8.24. The number of hydrogen-bond donors (Lipinski definition) is 0. The first kappa shape index (κ1) is 24.7. The molecule has 2 aliphatic heterocycles. The fourth-order valence-corrected chi connectivity index (χ4v) is 5.60. The van der Waals surface area contributed by atoms with Crippen LogP contribution < -0.4 is 15.4 Å². The molecule has 1 amide bonds. The lowest BCUT2D eigenvalue weighted by Gasteiger charge is -2.38. The van der Waals surface area contributed by atoms with Crippen LogP contribution in [0, 0.1) is 24.1 Å². The van der Waals surface area contributed by atoms with Gasteiger partial charge < -0.3 is 9.80 Å². The Bertz CT molecular complexity index is 1340. The molecule has 0 N–H and O–H groups in total. The van der Waals surface area contributed by atoms with Crippen LogP contribution in [0.1, 0.15) is 16.7 Å². The maximum Gasteiger partial charge on any atom is 0.270 e. The Hall–Kier alpha value is -3.42. The first-order valence-electron chi connectivity index (χ1n) is 11.0. The molecular formula is C25H24FN5O2S2. The number of thiocarbonyl (C=S) groups is 1. The van der Waals surface area contributed by atoms with Crippen LogP contribution in [-0.2, 0) is 11.8 Å². The molecule has 2 fully saturated rings. The minimum Gasteiger partial charge on any atom is -0.368 e. The third kappa shape index (κ3) is 4.61. The molecule has 0 atom stereocenters. The van der Waals surface area contributed by atoms with Gasteiger partial charge in [0.2, 0.25) is 0 Å². The number of nitrogens with zero attached hydrogens (tertiary/aromatic N) is 5. The van der Waals surface area contributed by atoms with Crippen LogP contribution in [0.3, 0.4) is 0 Å². The number of piperazine rings is 1. The number of halogens is 1. The Morgan fingerprint density at radius 2 is 1.80 bits per heavy atom. The van der Waals surface area contributed by atoms with Gasteiger partial charge in [-0.15, -0.1) is 6.58 Å². The van der Waals surface area contributed by atoms with E-state index in [2.05, 4.69) is 16.4 Å². The minimum atomic E-state index is -0.377. The molecule has 1 aromatic heterocycles. The summed E-state index contributed by atoms with van der Waals surface area (Å²) in [4.78, 5) is 32.1. The molecule has 0 unspecified atom stereocenters. The van der Waals surface area contributed by atoms with Gasteiger partial charge in [0.05, 0.1) is 4.91 Å². The number of amides is 1. The zero-order valence-electron chi connectivity index (χ0n) is 19.5. The molecule has 10 heteroatoms. The van der Waals surface area contributed by atoms with Gasteiger partial charge in [-0.3, -0.25) is 19.1 Å². The highest BCUT2D eigenvalue weighted by atomic mass is 32.2. The summed E-state index contributed by atoms with van der Waals surface area (Å²) in [5.74, 6) is 0.150. The van der Waals surface area contributed by atoms with Crippen molar-refractivity contribution < 1.29 is 9.18 Å². The van der Waals surface area contributed by atoms with Crippen LogP contribution in [0.4, 0.5) is 15.9 Å². The van der Waals surface area contributed by atoms with E-state index in [1.165, 1.54) is 33.4 Å². The monoisotopic (exact) mass is 509 g/mol. The highest BCUT2D eigenvalue weighted by molar-refractivity contribution is 8.26. The normalized spacial score (nSPS) is 17.3. The van der Waals surface area contributed by atoms with E-state index in [1.54, 1.807) is 38.3 Å². The molecule has 0 bridgehead atoms. The number of carbonyl (C=O) groups is 1. The van der Waals surface area contributed by atoms with Crippen LogP contribution in [-0.4, -0.2) is 52.4 Å². The van der Waals surface area contributed by atoms with Crippen LogP contribution in [0.2, 0.25) is 0 Å². The molecule has 2 aliphatic rings. The Balaban J connectivity index is 1.73. The molecule has 0 saturated carbocycles. The molecule has 2 saturated heterocycles. The lowest BCUT2D eigenvalue weighted by Crippen LogP contribution is -2.48.